The minimum Gasteiger partial charge on any atom is -0.396 e. The van der Waals surface area contributed by atoms with Gasteiger partial charge in [0.15, 0.2) is 0 Å². The van der Waals surface area contributed by atoms with Crippen molar-refractivity contribution in [2.75, 3.05) is 12.9 Å². The molecular formula is C13H18FNO2S. The molecule has 0 saturated carbocycles. The minimum atomic E-state index is -0.288. The van der Waals surface area contributed by atoms with Gasteiger partial charge in [0.05, 0.1) is 0 Å². The molecule has 100 valence electrons. The summed E-state index contributed by atoms with van der Waals surface area (Å²) >= 11 is 1.51. The standard InChI is InChI=1S/C13H18FNO2S/c1-9(5-6-16)15-13(17)10-3-4-12(14)11(7-10)8-18-2/h3-4,7,9,16H,5-6,8H2,1-2H3,(H,15,17). The van der Waals surface area contributed by atoms with Crippen LogP contribution >= 0.6 is 11.8 Å². The second-order valence-corrected chi connectivity index (χ2v) is 4.99. The van der Waals surface area contributed by atoms with Gasteiger partial charge in [0.2, 0.25) is 0 Å². The van der Waals surface area contributed by atoms with Crippen molar-refractivity contribution < 1.29 is 14.3 Å². The van der Waals surface area contributed by atoms with Gasteiger partial charge in [0.1, 0.15) is 5.82 Å². The molecule has 5 heteroatoms. The summed E-state index contributed by atoms with van der Waals surface area (Å²) in [6.45, 7) is 1.85. The van der Waals surface area contributed by atoms with Crippen molar-refractivity contribution in [1.29, 1.82) is 0 Å². The number of benzene rings is 1. The largest absolute Gasteiger partial charge is 0.396 e. The van der Waals surface area contributed by atoms with E-state index in [1.54, 1.807) is 6.07 Å². The summed E-state index contributed by atoms with van der Waals surface area (Å²) in [6, 6.07) is 4.26. The first kappa shape index (κ1) is 15.0. The Morgan fingerprint density at radius 2 is 2.28 bits per heavy atom. The number of hydrogen-bond acceptors (Lipinski definition) is 3. The molecule has 1 aromatic rings. The highest BCUT2D eigenvalue weighted by molar-refractivity contribution is 7.97. The molecule has 1 amide bonds. The van der Waals surface area contributed by atoms with Gasteiger partial charge in [-0.1, -0.05) is 0 Å². The molecule has 0 aliphatic heterocycles. The predicted octanol–water partition coefficient (Wildman–Crippen LogP) is 2.19. The van der Waals surface area contributed by atoms with E-state index in [0.29, 0.717) is 23.3 Å². The highest BCUT2D eigenvalue weighted by atomic mass is 32.2. The van der Waals surface area contributed by atoms with Crippen LogP contribution in [-0.4, -0.2) is 29.9 Å². The Morgan fingerprint density at radius 3 is 2.89 bits per heavy atom. The summed E-state index contributed by atoms with van der Waals surface area (Å²) in [5.41, 5.74) is 0.982. The Labute approximate surface area is 111 Å². The van der Waals surface area contributed by atoms with E-state index in [9.17, 15) is 9.18 Å². The molecule has 18 heavy (non-hydrogen) atoms. The quantitative estimate of drug-likeness (QED) is 0.834. The molecule has 1 unspecified atom stereocenters. The van der Waals surface area contributed by atoms with Crippen LogP contribution in [0.4, 0.5) is 4.39 Å². The third kappa shape index (κ3) is 4.31. The van der Waals surface area contributed by atoms with Crippen LogP contribution in [0.15, 0.2) is 18.2 Å². The third-order valence-electron chi connectivity index (χ3n) is 2.55. The zero-order chi connectivity index (χ0) is 13.5. The molecule has 2 N–H and O–H groups in total. The maximum absolute atomic E-state index is 13.4. The Bertz CT molecular complexity index is 412. The van der Waals surface area contributed by atoms with Crippen LogP contribution in [0.3, 0.4) is 0 Å². The fraction of sp³-hybridized carbons (Fsp3) is 0.462. The molecule has 1 atom stereocenters. The zero-order valence-electron chi connectivity index (χ0n) is 10.6. The molecule has 0 fully saturated rings. The lowest BCUT2D eigenvalue weighted by Gasteiger charge is -2.13. The van der Waals surface area contributed by atoms with Crippen molar-refractivity contribution in [3.63, 3.8) is 0 Å². The average molecular weight is 271 g/mol. The Balaban J connectivity index is 2.76. The molecule has 0 heterocycles. The minimum absolute atomic E-state index is 0.0303. The van der Waals surface area contributed by atoms with Gasteiger partial charge in [0, 0.05) is 24.0 Å². The Morgan fingerprint density at radius 1 is 1.56 bits per heavy atom. The number of nitrogens with one attached hydrogen (secondary N) is 1. The summed E-state index contributed by atoms with van der Waals surface area (Å²) in [5, 5.41) is 11.5. The number of carbonyl (C=O) groups excluding carboxylic acids is 1. The number of carbonyl (C=O) groups is 1. The van der Waals surface area contributed by atoms with Crippen molar-refractivity contribution in [2.24, 2.45) is 0 Å². The number of thioether (sulfide) groups is 1. The summed E-state index contributed by atoms with van der Waals surface area (Å²) in [7, 11) is 0. The van der Waals surface area contributed by atoms with Gasteiger partial charge in [-0.2, -0.15) is 11.8 Å². The maximum atomic E-state index is 13.4. The van der Waals surface area contributed by atoms with Crippen LogP contribution < -0.4 is 5.32 Å². The molecule has 0 bridgehead atoms. The third-order valence-corrected chi connectivity index (χ3v) is 3.15. The fourth-order valence-corrected chi connectivity index (χ4v) is 2.09. The SMILES string of the molecule is CSCc1cc(C(=O)NC(C)CCO)ccc1F. The first-order chi connectivity index (χ1) is 8.58. The molecule has 0 aliphatic carbocycles. The molecule has 0 aliphatic rings. The van der Waals surface area contributed by atoms with Gasteiger partial charge >= 0.3 is 0 Å². The highest BCUT2D eigenvalue weighted by Crippen LogP contribution is 2.16. The van der Waals surface area contributed by atoms with Crippen molar-refractivity contribution in [3.05, 3.63) is 35.1 Å². The lowest BCUT2D eigenvalue weighted by atomic mass is 10.1. The number of hydrogen-bond donors (Lipinski definition) is 2. The highest BCUT2D eigenvalue weighted by Gasteiger charge is 2.11. The molecule has 0 aromatic heterocycles. The molecule has 0 saturated heterocycles. The average Bonchev–Trinajstić information content (AvgIpc) is 2.32. The van der Waals surface area contributed by atoms with Gasteiger partial charge in [-0.3, -0.25) is 4.79 Å². The first-order valence-corrected chi connectivity index (χ1v) is 7.17. The van der Waals surface area contributed by atoms with Gasteiger partial charge in [0.25, 0.3) is 5.91 Å². The number of amides is 1. The van der Waals surface area contributed by atoms with E-state index >= 15 is 0 Å². The molecule has 3 nitrogen and oxygen atoms in total. The molecule has 1 rings (SSSR count). The van der Waals surface area contributed by atoms with Crippen molar-refractivity contribution in [1.82, 2.24) is 5.32 Å². The summed E-state index contributed by atoms with van der Waals surface area (Å²) in [6.07, 6.45) is 2.39. The normalized spacial score (nSPS) is 12.2. The van der Waals surface area contributed by atoms with Crippen LogP contribution in [-0.2, 0) is 5.75 Å². The Kier molecular flexibility index (Phi) is 6.15. The van der Waals surface area contributed by atoms with E-state index < -0.39 is 0 Å². The van der Waals surface area contributed by atoms with Gasteiger partial charge in [-0.05, 0) is 43.4 Å². The van der Waals surface area contributed by atoms with E-state index in [1.807, 2.05) is 13.2 Å². The van der Waals surface area contributed by atoms with E-state index in [4.69, 9.17) is 5.11 Å². The number of halogens is 1. The number of aliphatic hydroxyl groups is 1. The van der Waals surface area contributed by atoms with E-state index in [1.165, 1.54) is 23.9 Å². The van der Waals surface area contributed by atoms with Crippen molar-refractivity contribution >= 4 is 17.7 Å². The lowest BCUT2D eigenvalue weighted by molar-refractivity contribution is 0.0934. The smallest absolute Gasteiger partial charge is 0.251 e. The van der Waals surface area contributed by atoms with Crippen LogP contribution in [0.2, 0.25) is 0 Å². The molecule has 0 spiro atoms. The van der Waals surface area contributed by atoms with Crippen LogP contribution in [0, 0.1) is 5.82 Å². The number of rotatable bonds is 6. The lowest BCUT2D eigenvalue weighted by Crippen LogP contribution is -2.33. The fourth-order valence-electron chi connectivity index (χ4n) is 1.56. The summed E-state index contributed by atoms with van der Waals surface area (Å²) in [5.74, 6) is 0.0155. The van der Waals surface area contributed by atoms with Crippen LogP contribution in [0.1, 0.15) is 29.3 Å². The van der Waals surface area contributed by atoms with Crippen LogP contribution in [0.25, 0.3) is 0 Å². The monoisotopic (exact) mass is 271 g/mol. The van der Waals surface area contributed by atoms with E-state index in [-0.39, 0.29) is 24.4 Å². The molecule has 0 radical (unpaired) electrons. The van der Waals surface area contributed by atoms with Gasteiger partial charge < -0.3 is 10.4 Å². The van der Waals surface area contributed by atoms with Crippen molar-refractivity contribution in [3.8, 4) is 0 Å². The van der Waals surface area contributed by atoms with E-state index in [0.717, 1.165) is 0 Å². The van der Waals surface area contributed by atoms with Crippen molar-refractivity contribution in [2.45, 2.75) is 25.1 Å². The zero-order valence-corrected chi connectivity index (χ0v) is 11.4. The first-order valence-electron chi connectivity index (χ1n) is 5.77. The number of aliphatic hydroxyl groups excluding tert-OH is 1. The van der Waals surface area contributed by atoms with Gasteiger partial charge in [-0.25, -0.2) is 4.39 Å². The predicted molar refractivity (Wildman–Crippen MR) is 72.3 cm³/mol. The summed E-state index contributed by atoms with van der Waals surface area (Å²) < 4.78 is 13.4. The molecular weight excluding hydrogens is 253 g/mol. The molecule has 1 aromatic carbocycles. The second kappa shape index (κ2) is 7.38. The topological polar surface area (TPSA) is 49.3 Å². The van der Waals surface area contributed by atoms with Crippen LogP contribution in [0.5, 0.6) is 0 Å². The van der Waals surface area contributed by atoms with Gasteiger partial charge in [-0.15, -0.1) is 0 Å². The van der Waals surface area contributed by atoms with E-state index in [2.05, 4.69) is 5.32 Å². The maximum Gasteiger partial charge on any atom is 0.251 e. The second-order valence-electron chi connectivity index (χ2n) is 4.13. The Hall–Kier alpha value is -1.07. The summed E-state index contributed by atoms with van der Waals surface area (Å²) in [4.78, 5) is 11.9.